The topological polar surface area (TPSA) is 173 Å². The number of esters is 1. The van der Waals surface area contributed by atoms with E-state index in [1.54, 1.807) is 32.0 Å². The maximum absolute atomic E-state index is 15.1. The number of amides is 1. The zero-order chi connectivity index (χ0) is 29.9. The van der Waals surface area contributed by atoms with Crippen LogP contribution in [0.15, 0.2) is 36.5 Å². The van der Waals surface area contributed by atoms with E-state index in [2.05, 4.69) is 10.3 Å². The monoisotopic (exact) mass is 614 g/mol. The zero-order valence-electron chi connectivity index (χ0n) is 22.4. The van der Waals surface area contributed by atoms with Crippen LogP contribution in [0.5, 0.6) is 0 Å². The Balaban J connectivity index is 1.36. The molecule has 0 radical (unpaired) electrons. The molecule has 2 aromatic rings. The molecule has 0 aliphatic carbocycles. The second-order valence-electron chi connectivity index (χ2n) is 10.1. The van der Waals surface area contributed by atoms with Crippen LogP contribution in [0.3, 0.4) is 0 Å². The number of rotatable bonds is 10. The van der Waals surface area contributed by atoms with Gasteiger partial charge >= 0.3 is 12.1 Å². The normalized spacial score (nSPS) is 19.7. The predicted molar refractivity (Wildman–Crippen MR) is 147 cm³/mol. The van der Waals surface area contributed by atoms with Crippen molar-refractivity contribution >= 4 is 43.5 Å². The van der Waals surface area contributed by atoms with E-state index in [4.69, 9.17) is 14.0 Å². The standard InChI is InChI=1S/C25H31FN4O9S2/c1-16(2)23(28-15-41(35,36)37)24(31)38-14-19-13-30(25(32)39-19)18-4-5-20(21(26)11-18)17-3-6-22(27-12-17)29-7-9-40(33,34)10-8-29/h3-6,11-12,16,19,23,28H,7-10,13-15H2,1-2H3,(H,35,36,37)/t19-,23-/m1/s1. The Morgan fingerprint density at radius 3 is 2.54 bits per heavy atom. The van der Waals surface area contributed by atoms with Crippen LogP contribution in [0.4, 0.5) is 20.7 Å². The number of cyclic esters (lactones) is 1. The highest BCUT2D eigenvalue weighted by atomic mass is 32.2. The third-order valence-corrected chi connectivity index (χ3v) is 8.82. The van der Waals surface area contributed by atoms with Gasteiger partial charge in [0.05, 0.1) is 23.7 Å². The second kappa shape index (κ2) is 12.3. The molecule has 2 saturated heterocycles. The van der Waals surface area contributed by atoms with E-state index in [0.29, 0.717) is 24.5 Å². The minimum absolute atomic E-state index is 0.0164. The van der Waals surface area contributed by atoms with Crippen LogP contribution in [0.1, 0.15) is 13.8 Å². The van der Waals surface area contributed by atoms with E-state index >= 15 is 4.39 Å². The molecule has 2 atom stereocenters. The number of anilines is 2. The van der Waals surface area contributed by atoms with Gasteiger partial charge in [0, 0.05) is 30.4 Å². The van der Waals surface area contributed by atoms with Crippen molar-refractivity contribution < 1.29 is 44.8 Å². The summed E-state index contributed by atoms with van der Waals surface area (Å²) in [5.41, 5.74) is 0.988. The van der Waals surface area contributed by atoms with Gasteiger partial charge in [0.2, 0.25) is 0 Å². The number of carbonyl (C=O) groups excluding carboxylic acids is 2. The van der Waals surface area contributed by atoms with Crippen molar-refractivity contribution in [3.05, 3.63) is 42.3 Å². The fourth-order valence-corrected chi connectivity index (χ4v) is 6.04. The Morgan fingerprint density at radius 1 is 1.24 bits per heavy atom. The smallest absolute Gasteiger partial charge is 0.414 e. The number of ether oxygens (including phenoxy) is 2. The Labute approximate surface area is 237 Å². The molecule has 1 aromatic heterocycles. The van der Waals surface area contributed by atoms with E-state index in [1.165, 1.54) is 23.2 Å². The number of nitrogens with one attached hydrogen (secondary N) is 1. The molecule has 16 heteroatoms. The first-order chi connectivity index (χ1) is 19.2. The largest absolute Gasteiger partial charge is 0.460 e. The van der Waals surface area contributed by atoms with Gasteiger partial charge in [-0.05, 0) is 36.2 Å². The van der Waals surface area contributed by atoms with Crippen molar-refractivity contribution in [2.24, 2.45) is 5.92 Å². The molecule has 1 amide bonds. The van der Waals surface area contributed by atoms with Gasteiger partial charge in [-0.2, -0.15) is 8.42 Å². The lowest BCUT2D eigenvalue weighted by atomic mass is 10.1. The van der Waals surface area contributed by atoms with E-state index < -0.39 is 55.9 Å². The minimum atomic E-state index is -4.35. The second-order valence-corrected chi connectivity index (χ2v) is 13.9. The fourth-order valence-electron chi connectivity index (χ4n) is 4.45. The molecule has 224 valence electrons. The van der Waals surface area contributed by atoms with Crippen LogP contribution in [-0.4, -0.2) is 94.2 Å². The Bertz CT molecular complexity index is 1490. The molecule has 0 bridgehead atoms. The van der Waals surface area contributed by atoms with Gasteiger partial charge in [0.25, 0.3) is 10.1 Å². The summed E-state index contributed by atoms with van der Waals surface area (Å²) in [6.45, 7) is 3.68. The van der Waals surface area contributed by atoms with E-state index in [9.17, 15) is 26.4 Å². The molecule has 0 saturated carbocycles. The minimum Gasteiger partial charge on any atom is -0.460 e. The summed E-state index contributed by atoms with van der Waals surface area (Å²) in [6, 6.07) is 6.60. The van der Waals surface area contributed by atoms with Crippen molar-refractivity contribution in [1.82, 2.24) is 10.3 Å². The summed E-state index contributed by atoms with van der Waals surface area (Å²) in [5.74, 6) is -1.86. The average molecular weight is 615 g/mol. The van der Waals surface area contributed by atoms with Crippen LogP contribution in [0.2, 0.25) is 0 Å². The van der Waals surface area contributed by atoms with E-state index in [-0.39, 0.29) is 41.8 Å². The van der Waals surface area contributed by atoms with Crippen LogP contribution < -0.4 is 15.1 Å². The number of pyridine rings is 1. The molecule has 3 heterocycles. The molecule has 0 unspecified atom stereocenters. The number of aromatic nitrogens is 1. The Morgan fingerprint density at radius 2 is 1.95 bits per heavy atom. The van der Waals surface area contributed by atoms with Crippen LogP contribution in [0.25, 0.3) is 11.1 Å². The Hall–Kier alpha value is -3.34. The summed E-state index contributed by atoms with van der Waals surface area (Å²) < 4.78 is 79.8. The van der Waals surface area contributed by atoms with Gasteiger partial charge in [-0.1, -0.05) is 13.8 Å². The first kappa shape index (κ1) is 30.6. The summed E-state index contributed by atoms with van der Waals surface area (Å²) in [7, 11) is -7.37. The molecule has 2 aliphatic heterocycles. The zero-order valence-corrected chi connectivity index (χ0v) is 24.0. The first-order valence-electron chi connectivity index (χ1n) is 12.8. The highest BCUT2D eigenvalue weighted by Gasteiger charge is 2.35. The van der Waals surface area contributed by atoms with Gasteiger partial charge in [0.1, 0.15) is 30.2 Å². The van der Waals surface area contributed by atoms with Crippen LogP contribution in [0, 0.1) is 11.7 Å². The fraction of sp³-hybridized carbons (Fsp3) is 0.480. The van der Waals surface area contributed by atoms with Gasteiger partial charge in [0.15, 0.2) is 15.9 Å². The van der Waals surface area contributed by atoms with Crippen molar-refractivity contribution in [1.29, 1.82) is 0 Å². The lowest BCUT2D eigenvalue weighted by Gasteiger charge is -2.27. The molecule has 41 heavy (non-hydrogen) atoms. The molecule has 2 N–H and O–H groups in total. The number of hydrogen-bond donors (Lipinski definition) is 2. The van der Waals surface area contributed by atoms with Crippen molar-refractivity contribution in [2.45, 2.75) is 26.0 Å². The number of carbonyl (C=O) groups is 2. The van der Waals surface area contributed by atoms with Gasteiger partial charge < -0.3 is 14.4 Å². The molecule has 4 rings (SSSR count). The molecule has 2 aliphatic rings. The maximum atomic E-state index is 15.1. The molecule has 13 nitrogen and oxygen atoms in total. The highest BCUT2D eigenvalue weighted by molar-refractivity contribution is 7.91. The van der Waals surface area contributed by atoms with Crippen molar-refractivity contribution in [2.75, 3.05) is 53.4 Å². The van der Waals surface area contributed by atoms with E-state index in [1.807, 2.05) is 4.90 Å². The van der Waals surface area contributed by atoms with Gasteiger partial charge in [-0.25, -0.2) is 22.6 Å². The third kappa shape index (κ3) is 7.90. The summed E-state index contributed by atoms with van der Waals surface area (Å²) >= 11 is 0. The number of sulfone groups is 1. The quantitative estimate of drug-likeness (QED) is 0.292. The Kier molecular flexibility index (Phi) is 9.16. The summed E-state index contributed by atoms with van der Waals surface area (Å²) in [5, 5.41) is 2.42. The SMILES string of the molecule is CC(C)[C@@H](NCS(=O)(=O)O)C(=O)OC[C@H]1CN(c2ccc(-c3ccc(N4CCS(=O)(=O)CC4)nc3)c(F)c2)C(=O)O1. The lowest BCUT2D eigenvalue weighted by molar-refractivity contribution is -0.149. The number of hydrogen-bond acceptors (Lipinski definition) is 11. The molecular weight excluding hydrogens is 583 g/mol. The number of benzene rings is 1. The lowest BCUT2D eigenvalue weighted by Crippen LogP contribution is -2.45. The van der Waals surface area contributed by atoms with Crippen molar-refractivity contribution in [3.63, 3.8) is 0 Å². The summed E-state index contributed by atoms with van der Waals surface area (Å²) in [4.78, 5) is 32.3. The van der Waals surface area contributed by atoms with Crippen LogP contribution >= 0.6 is 0 Å². The molecular formula is C25H31FN4O9S2. The molecule has 0 spiro atoms. The molecule has 2 fully saturated rings. The maximum Gasteiger partial charge on any atom is 0.414 e. The summed E-state index contributed by atoms with van der Waals surface area (Å²) in [6.07, 6.45) is -0.0944. The average Bonchev–Trinajstić information content (AvgIpc) is 3.27. The number of halogens is 1. The first-order valence-corrected chi connectivity index (χ1v) is 16.2. The van der Waals surface area contributed by atoms with Crippen molar-refractivity contribution in [3.8, 4) is 11.1 Å². The third-order valence-electron chi connectivity index (χ3n) is 6.68. The van der Waals surface area contributed by atoms with Gasteiger partial charge in [-0.3, -0.25) is 19.6 Å². The molecule has 1 aromatic carbocycles. The predicted octanol–water partition coefficient (Wildman–Crippen LogP) is 1.45. The number of nitrogens with zero attached hydrogens (tertiary/aromatic N) is 3. The highest BCUT2D eigenvalue weighted by Crippen LogP contribution is 2.30. The van der Waals surface area contributed by atoms with Crippen LogP contribution in [-0.2, 0) is 34.2 Å². The van der Waals surface area contributed by atoms with E-state index in [0.717, 1.165) is 0 Å². The van der Waals surface area contributed by atoms with Gasteiger partial charge in [-0.15, -0.1) is 0 Å².